The molecule has 1 amide bonds. The van der Waals surface area contributed by atoms with E-state index in [9.17, 15) is 4.79 Å². The highest BCUT2D eigenvalue weighted by molar-refractivity contribution is 5.94. The predicted molar refractivity (Wildman–Crippen MR) is 64.3 cm³/mol. The molecular weight excluding hydrogens is 200 g/mol. The summed E-state index contributed by atoms with van der Waals surface area (Å²) in [5.41, 5.74) is 1.90. The molecule has 16 heavy (non-hydrogen) atoms. The molecule has 0 heterocycles. The van der Waals surface area contributed by atoms with E-state index in [4.69, 9.17) is 0 Å². The summed E-state index contributed by atoms with van der Waals surface area (Å²) < 4.78 is 0. The van der Waals surface area contributed by atoms with Crippen molar-refractivity contribution in [2.24, 2.45) is 5.92 Å². The molecule has 0 radical (unpaired) electrons. The Kier molecular flexibility index (Phi) is 3.57. The Balaban J connectivity index is 1.94. The minimum atomic E-state index is 0.0462. The van der Waals surface area contributed by atoms with E-state index in [0.717, 1.165) is 30.1 Å². The Bertz CT molecular complexity index is 372. The van der Waals surface area contributed by atoms with E-state index in [1.54, 1.807) is 0 Å². The molecule has 86 valence electrons. The van der Waals surface area contributed by atoms with Crippen LogP contribution >= 0.6 is 0 Å². The fourth-order valence-electron chi connectivity index (χ4n) is 1.69. The van der Waals surface area contributed by atoms with Gasteiger partial charge in [0, 0.05) is 18.7 Å². The highest BCUT2D eigenvalue weighted by Crippen LogP contribution is 2.27. The van der Waals surface area contributed by atoms with Crippen LogP contribution in [0, 0.1) is 5.92 Å². The summed E-state index contributed by atoms with van der Waals surface area (Å²) in [5, 5.41) is 6.05. The summed E-state index contributed by atoms with van der Waals surface area (Å²) >= 11 is 0. The molecule has 0 unspecified atom stereocenters. The Morgan fingerprint density at radius 1 is 1.44 bits per heavy atom. The average Bonchev–Trinajstić information content (AvgIpc) is 3.10. The molecule has 1 aromatic carbocycles. The highest BCUT2D eigenvalue weighted by atomic mass is 16.1. The number of benzene rings is 1. The third-order valence-electron chi connectivity index (χ3n) is 2.82. The first kappa shape index (κ1) is 11.1. The van der Waals surface area contributed by atoms with Gasteiger partial charge in [-0.25, -0.2) is 0 Å². The molecule has 0 spiro atoms. The summed E-state index contributed by atoms with van der Waals surface area (Å²) in [6, 6.07) is 7.76. The van der Waals surface area contributed by atoms with Gasteiger partial charge in [-0.2, -0.15) is 0 Å². The molecule has 0 aliphatic heterocycles. The van der Waals surface area contributed by atoms with Crippen molar-refractivity contribution in [1.29, 1.82) is 0 Å². The standard InChI is InChI=1S/C13H18N2O/c1-14-8-11-3-2-4-12(7-11)13(16)15-9-10-5-6-10/h2-4,7,10,14H,5-6,8-9H2,1H3,(H,15,16). The second-order valence-electron chi connectivity index (χ2n) is 4.38. The number of carbonyl (C=O) groups excluding carboxylic acids is 1. The van der Waals surface area contributed by atoms with Gasteiger partial charge in [0.2, 0.25) is 0 Å². The van der Waals surface area contributed by atoms with Crippen LogP contribution in [0.3, 0.4) is 0 Å². The zero-order chi connectivity index (χ0) is 11.4. The maximum absolute atomic E-state index is 11.8. The van der Waals surface area contributed by atoms with E-state index >= 15 is 0 Å². The number of hydrogen-bond donors (Lipinski definition) is 2. The van der Waals surface area contributed by atoms with Crippen molar-refractivity contribution in [3.63, 3.8) is 0 Å². The van der Waals surface area contributed by atoms with Crippen LogP contribution in [0.25, 0.3) is 0 Å². The monoisotopic (exact) mass is 218 g/mol. The second kappa shape index (κ2) is 5.12. The van der Waals surface area contributed by atoms with Crippen LogP contribution in [-0.4, -0.2) is 19.5 Å². The largest absolute Gasteiger partial charge is 0.352 e. The van der Waals surface area contributed by atoms with Crippen LogP contribution in [0.2, 0.25) is 0 Å². The van der Waals surface area contributed by atoms with Gasteiger partial charge in [0.1, 0.15) is 0 Å². The molecule has 1 fully saturated rings. The number of hydrogen-bond acceptors (Lipinski definition) is 2. The molecule has 1 saturated carbocycles. The molecule has 1 aliphatic rings. The summed E-state index contributed by atoms with van der Waals surface area (Å²) in [7, 11) is 1.90. The minimum absolute atomic E-state index is 0.0462. The van der Waals surface area contributed by atoms with Gasteiger partial charge in [0.15, 0.2) is 0 Å². The van der Waals surface area contributed by atoms with Crippen molar-refractivity contribution in [3.8, 4) is 0 Å². The minimum Gasteiger partial charge on any atom is -0.352 e. The van der Waals surface area contributed by atoms with Gasteiger partial charge >= 0.3 is 0 Å². The highest BCUT2D eigenvalue weighted by Gasteiger charge is 2.21. The lowest BCUT2D eigenvalue weighted by Crippen LogP contribution is -2.25. The smallest absolute Gasteiger partial charge is 0.251 e. The van der Waals surface area contributed by atoms with Gasteiger partial charge in [0.05, 0.1) is 0 Å². The maximum Gasteiger partial charge on any atom is 0.251 e. The third kappa shape index (κ3) is 3.07. The van der Waals surface area contributed by atoms with E-state index < -0.39 is 0 Å². The van der Waals surface area contributed by atoms with Crippen LogP contribution in [0.5, 0.6) is 0 Å². The summed E-state index contributed by atoms with van der Waals surface area (Å²) in [6.45, 7) is 1.62. The van der Waals surface area contributed by atoms with Crippen LogP contribution < -0.4 is 10.6 Å². The van der Waals surface area contributed by atoms with Gasteiger partial charge in [-0.05, 0) is 43.5 Å². The Labute approximate surface area is 96.2 Å². The third-order valence-corrected chi connectivity index (χ3v) is 2.82. The molecule has 1 aromatic rings. The van der Waals surface area contributed by atoms with Crippen molar-refractivity contribution >= 4 is 5.91 Å². The van der Waals surface area contributed by atoms with Crippen LogP contribution in [0.4, 0.5) is 0 Å². The summed E-state index contributed by atoms with van der Waals surface area (Å²) in [6.07, 6.45) is 2.53. The van der Waals surface area contributed by atoms with Gasteiger partial charge in [-0.1, -0.05) is 12.1 Å². The number of rotatable bonds is 5. The topological polar surface area (TPSA) is 41.1 Å². The lowest BCUT2D eigenvalue weighted by atomic mass is 10.1. The molecule has 2 N–H and O–H groups in total. The Morgan fingerprint density at radius 2 is 2.25 bits per heavy atom. The van der Waals surface area contributed by atoms with E-state index in [0.29, 0.717) is 0 Å². The van der Waals surface area contributed by atoms with E-state index in [2.05, 4.69) is 10.6 Å². The van der Waals surface area contributed by atoms with Crippen molar-refractivity contribution < 1.29 is 4.79 Å². The summed E-state index contributed by atoms with van der Waals surface area (Å²) in [4.78, 5) is 11.8. The molecule has 0 bridgehead atoms. The Morgan fingerprint density at radius 3 is 2.94 bits per heavy atom. The van der Waals surface area contributed by atoms with Gasteiger partial charge in [-0.3, -0.25) is 4.79 Å². The molecular formula is C13H18N2O. The zero-order valence-corrected chi connectivity index (χ0v) is 9.62. The van der Waals surface area contributed by atoms with Crippen LogP contribution in [0.1, 0.15) is 28.8 Å². The lowest BCUT2D eigenvalue weighted by Gasteiger charge is -2.06. The van der Waals surface area contributed by atoms with Gasteiger partial charge < -0.3 is 10.6 Å². The average molecular weight is 218 g/mol. The predicted octanol–water partition coefficient (Wildman–Crippen LogP) is 1.55. The molecule has 0 atom stereocenters. The van der Waals surface area contributed by atoms with Gasteiger partial charge in [0.25, 0.3) is 5.91 Å². The number of amides is 1. The molecule has 3 nitrogen and oxygen atoms in total. The fourth-order valence-corrected chi connectivity index (χ4v) is 1.69. The second-order valence-corrected chi connectivity index (χ2v) is 4.38. The van der Waals surface area contributed by atoms with Crippen molar-refractivity contribution in [1.82, 2.24) is 10.6 Å². The molecule has 2 rings (SSSR count). The zero-order valence-electron chi connectivity index (χ0n) is 9.62. The summed E-state index contributed by atoms with van der Waals surface area (Å²) in [5.74, 6) is 0.772. The number of nitrogens with one attached hydrogen (secondary N) is 2. The van der Waals surface area contributed by atoms with Crippen molar-refractivity contribution in [2.45, 2.75) is 19.4 Å². The van der Waals surface area contributed by atoms with Crippen LogP contribution in [-0.2, 0) is 6.54 Å². The first-order valence-corrected chi connectivity index (χ1v) is 5.81. The molecule has 0 aromatic heterocycles. The molecule has 3 heteroatoms. The fraction of sp³-hybridized carbons (Fsp3) is 0.462. The van der Waals surface area contributed by atoms with E-state index in [-0.39, 0.29) is 5.91 Å². The first-order valence-electron chi connectivity index (χ1n) is 5.81. The number of carbonyl (C=O) groups is 1. The molecule has 0 saturated heterocycles. The van der Waals surface area contributed by atoms with Crippen LogP contribution in [0.15, 0.2) is 24.3 Å². The first-order chi connectivity index (χ1) is 7.79. The molecule has 1 aliphatic carbocycles. The SMILES string of the molecule is CNCc1cccc(C(=O)NCC2CC2)c1. The van der Waals surface area contributed by atoms with Crippen molar-refractivity contribution in [2.75, 3.05) is 13.6 Å². The van der Waals surface area contributed by atoms with E-state index in [1.165, 1.54) is 12.8 Å². The van der Waals surface area contributed by atoms with Crippen molar-refractivity contribution in [3.05, 3.63) is 35.4 Å². The van der Waals surface area contributed by atoms with Gasteiger partial charge in [-0.15, -0.1) is 0 Å². The maximum atomic E-state index is 11.8. The lowest BCUT2D eigenvalue weighted by molar-refractivity contribution is 0.0951. The Hall–Kier alpha value is -1.35. The normalized spacial score (nSPS) is 14.8. The quantitative estimate of drug-likeness (QED) is 0.787. The van der Waals surface area contributed by atoms with E-state index in [1.807, 2.05) is 31.3 Å².